The van der Waals surface area contributed by atoms with Crippen molar-refractivity contribution in [2.45, 2.75) is 19.4 Å². The summed E-state index contributed by atoms with van der Waals surface area (Å²) < 4.78 is 23.9. The molecule has 4 aromatic rings. The quantitative estimate of drug-likeness (QED) is 0.361. The van der Waals surface area contributed by atoms with Gasteiger partial charge in [0.15, 0.2) is 12.1 Å². The molecular formula is C26H24FN5O4. The molecule has 4 rings (SSSR count). The van der Waals surface area contributed by atoms with Crippen LogP contribution in [0.1, 0.15) is 34.6 Å². The van der Waals surface area contributed by atoms with Crippen molar-refractivity contribution in [3.05, 3.63) is 102 Å². The average molecular weight is 490 g/mol. The maximum absolute atomic E-state index is 13.6. The van der Waals surface area contributed by atoms with E-state index in [0.717, 1.165) is 12.0 Å². The smallest absolute Gasteiger partial charge is 0.281 e. The number of carbonyl (C=O) groups excluding carboxylic acids is 2. The van der Waals surface area contributed by atoms with Crippen molar-refractivity contribution in [2.24, 2.45) is 0 Å². The van der Waals surface area contributed by atoms with Gasteiger partial charge in [0.1, 0.15) is 18.1 Å². The summed E-state index contributed by atoms with van der Waals surface area (Å²) in [5.74, 6) is -0.985. The number of aromatic nitrogens is 3. The van der Waals surface area contributed by atoms with Gasteiger partial charge in [0, 0.05) is 30.6 Å². The van der Waals surface area contributed by atoms with Gasteiger partial charge in [-0.25, -0.2) is 14.4 Å². The number of hydrogen-bond acceptors (Lipinski definition) is 7. The number of rotatable bonds is 10. The maximum atomic E-state index is 13.6. The van der Waals surface area contributed by atoms with E-state index in [2.05, 4.69) is 20.3 Å². The lowest BCUT2D eigenvalue weighted by Crippen LogP contribution is -2.44. The summed E-state index contributed by atoms with van der Waals surface area (Å²) in [5, 5.41) is 2.86. The molecule has 9 nitrogen and oxygen atoms in total. The molecule has 0 saturated carbocycles. The first kappa shape index (κ1) is 24.5. The molecule has 1 atom stereocenters. The highest BCUT2D eigenvalue weighted by Crippen LogP contribution is 2.29. The highest BCUT2D eigenvalue weighted by Gasteiger charge is 2.34. The van der Waals surface area contributed by atoms with E-state index < -0.39 is 17.9 Å². The van der Waals surface area contributed by atoms with Crippen LogP contribution in [0.5, 0.6) is 5.88 Å². The van der Waals surface area contributed by atoms with Crippen LogP contribution in [-0.2, 0) is 11.2 Å². The molecule has 36 heavy (non-hydrogen) atoms. The molecule has 0 aliphatic rings. The second-order valence-corrected chi connectivity index (χ2v) is 7.70. The molecule has 0 aliphatic carbocycles. The van der Waals surface area contributed by atoms with Gasteiger partial charge in [-0.2, -0.15) is 0 Å². The fraction of sp³-hybridized carbons (Fsp3) is 0.192. The predicted octanol–water partition coefficient (Wildman–Crippen LogP) is 3.75. The largest absolute Gasteiger partial charge is 0.478 e. The summed E-state index contributed by atoms with van der Waals surface area (Å²) in [4.78, 5) is 40.8. The van der Waals surface area contributed by atoms with Crippen LogP contribution in [0.2, 0.25) is 0 Å². The topological polar surface area (TPSA) is 110 Å². The Labute approximate surface area is 207 Å². The minimum atomic E-state index is -1.10. The van der Waals surface area contributed by atoms with Crippen LogP contribution in [0.15, 0.2) is 84.2 Å². The number of ether oxygens (including phenoxy) is 1. The van der Waals surface area contributed by atoms with Crippen LogP contribution in [0, 0.1) is 5.82 Å². The Balaban J connectivity index is 1.67. The van der Waals surface area contributed by atoms with Gasteiger partial charge in [0.2, 0.25) is 11.8 Å². The van der Waals surface area contributed by atoms with Gasteiger partial charge < -0.3 is 14.5 Å². The molecule has 10 heteroatoms. The summed E-state index contributed by atoms with van der Waals surface area (Å²) in [6, 6.07) is 11.7. The Bertz CT molecular complexity index is 1280. The first-order valence-electron chi connectivity index (χ1n) is 11.3. The number of anilines is 1. The fourth-order valence-electron chi connectivity index (χ4n) is 3.65. The zero-order valence-electron chi connectivity index (χ0n) is 19.5. The molecule has 1 N–H and O–H groups in total. The number of oxazole rings is 1. The van der Waals surface area contributed by atoms with Crippen molar-refractivity contribution in [1.29, 1.82) is 0 Å². The molecule has 3 heterocycles. The Hall–Kier alpha value is -4.60. The first-order valence-corrected chi connectivity index (χ1v) is 11.3. The van der Waals surface area contributed by atoms with Crippen LogP contribution in [0.25, 0.3) is 0 Å². The zero-order valence-corrected chi connectivity index (χ0v) is 19.5. The number of amides is 2. The van der Waals surface area contributed by atoms with Crippen LogP contribution in [0.4, 0.5) is 10.1 Å². The van der Waals surface area contributed by atoms with Crippen LogP contribution < -0.4 is 15.0 Å². The number of benzene rings is 1. The number of carbonyl (C=O) groups is 2. The lowest BCUT2D eigenvalue weighted by atomic mass is 10.0. The van der Waals surface area contributed by atoms with E-state index in [1.807, 2.05) is 6.92 Å². The molecule has 1 aromatic carbocycles. The molecule has 0 fully saturated rings. The number of pyridine rings is 2. The monoisotopic (exact) mass is 489 g/mol. The van der Waals surface area contributed by atoms with Gasteiger partial charge in [-0.1, -0.05) is 18.2 Å². The SMILES string of the molecule is CCOc1ccc(N(C(=O)c2cocn2)C(C(=O)NCCc2cccc(F)c2)c2cccnc2)cn1. The molecule has 184 valence electrons. The summed E-state index contributed by atoms with van der Waals surface area (Å²) in [5.41, 5.74) is 1.58. The Morgan fingerprint density at radius 2 is 2.03 bits per heavy atom. The van der Waals surface area contributed by atoms with Crippen LogP contribution in [-0.4, -0.2) is 39.9 Å². The first-order chi connectivity index (χ1) is 17.6. The van der Waals surface area contributed by atoms with E-state index in [1.165, 1.54) is 35.7 Å². The second-order valence-electron chi connectivity index (χ2n) is 7.70. The molecule has 1 unspecified atom stereocenters. The highest BCUT2D eigenvalue weighted by molar-refractivity contribution is 6.08. The van der Waals surface area contributed by atoms with Crippen LogP contribution >= 0.6 is 0 Å². The summed E-state index contributed by atoms with van der Waals surface area (Å²) in [6.45, 7) is 2.50. The van der Waals surface area contributed by atoms with E-state index in [1.54, 1.807) is 42.6 Å². The standard InChI is InChI=1S/C26H24FN5O4/c1-2-36-23-9-8-21(15-30-23)32(26(34)22-16-35-17-31-22)24(19-6-4-11-28-14-19)25(33)29-12-10-18-5-3-7-20(27)13-18/h3-9,11,13-17,24H,2,10,12H2,1H3,(H,29,33). The normalized spacial score (nSPS) is 11.5. The Kier molecular flexibility index (Phi) is 7.97. The predicted molar refractivity (Wildman–Crippen MR) is 129 cm³/mol. The average Bonchev–Trinajstić information content (AvgIpc) is 3.43. The van der Waals surface area contributed by atoms with Crippen molar-refractivity contribution >= 4 is 17.5 Å². The van der Waals surface area contributed by atoms with Crippen molar-refractivity contribution in [3.8, 4) is 5.88 Å². The zero-order chi connectivity index (χ0) is 25.3. The van der Waals surface area contributed by atoms with Gasteiger partial charge in [0.05, 0.1) is 18.5 Å². The molecular weight excluding hydrogens is 465 g/mol. The number of nitrogens with zero attached hydrogens (tertiary/aromatic N) is 4. The molecule has 0 bridgehead atoms. The van der Waals surface area contributed by atoms with Gasteiger partial charge in [0.25, 0.3) is 5.91 Å². The number of hydrogen-bond donors (Lipinski definition) is 1. The summed E-state index contributed by atoms with van der Waals surface area (Å²) in [7, 11) is 0. The minimum Gasteiger partial charge on any atom is -0.478 e. The van der Waals surface area contributed by atoms with Crippen molar-refractivity contribution in [1.82, 2.24) is 20.3 Å². The van der Waals surface area contributed by atoms with Crippen molar-refractivity contribution in [2.75, 3.05) is 18.1 Å². The number of nitrogens with one attached hydrogen (secondary N) is 1. The lowest BCUT2D eigenvalue weighted by Gasteiger charge is -2.30. The van der Waals surface area contributed by atoms with E-state index >= 15 is 0 Å². The molecule has 0 saturated heterocycles. The highest BCUT2D eigenvalue weighted by atomic mass is 19.1. The van der Waals surface area contributed by atoms with Gasteiger partial charge in [-0.15, -0.1) is 0 Å². The third kappa shape index (κ3) is 5.90. The second kappa shape index (κ2) is 11.7. The molecule has 3 aromatic heterocycles. The maximum Gasteiger partial charge on any atom is 0.281 e. The van der Waals surface area contributed by atoms with E-state index in [4.69, 9.17) is 9.15 Å². The minimum absolute atomic E-state index is 0.0188. The third-order valence-corrected chi connectivity index (χ3v) is 5.27. The lowest BCUT2D eigenvalue weighted by molar-refractivity contribution is -0.122. The van der Waals surface area contributed by atoms with E-state index in [-0.39, 0.29) is 18.1 Å². The van der Waals surface area contributed by atoms with Crippen molar-refractivity contribution in [3.63, 3.8) is 0 Å². The summed E-state index contributed by atoms with van der Waals surface area (Å²) in [6.07, 6.45) is 7.30. The fourth-order valence-corrected chi connectivity index (χ4v) is 3.65. The Morgan fingerprint density at radius 3 is 2.69 bits per heavy atom. The summed E-state index contributed by atoms with van der Waals surface area (Å²) >= 11 is 0. The third-order valence-electron chi connectivity index (χ3n) is 5.27. The van der Waals surface area contributed by atoms with E-state index in [0.29, 0.717) is 30.2 Å². The van der Waals surface area contributed by atoms with Crippen LogP contribution in [0.3, 0.4) is 0 Å². The van der Waals surface area contributed by atoms with Gasteiger partial charge in [-0.3, -0.25) is 19.5 Å². The molecule has 0 spiro atoms. The number of halogens is 1. The van der Waals surface area contributed by atoms with E-state index in [9.17, 15) is 14.0 Å². The Morgan fingerprint density at radius 1 is 1.14 bits per heavy atom. The molecule has 2 amide bonds. The molecule has 0 radical (unpaired) electrons. The molecule has 0 aliphatic heterocycles. The van der Waals surface area contributed by atoms with Gasteiger partial charge >= 0.3 is 0 Å². The van der Waals surface area contributed by atoms with Crippen molar-refractivity contribution < 1.29 is 23.1 Å². The van der Waals surface area contributed by atoms with Gasteiger partial charge in [-0.05, 0) is 43.2 Å².